The van der Waals surface area contributed by atoms with E-state index in [1.807, 2.05) is 12.2 Å². The number of pyridine rings is 1. The first-order chi connectivity index (χ1) is 14.9. The SMILES string of the molecule is O=C(CC(c1ccc([N+](=O)[O-])o1)N1C(=O)C2C3C=CC(C3)C2C1=O)Nc1ccccn1. The molecule has 5 unspecified atom stereocenters. The summed E-state index contributed by atoms with van der Waals surface area (Å²) >= 11 is 0. The van der Waals surface area contributed by atoms with E-state index in [4.69, 9.17) is 4.42 Å². The summed E-state index contributed by atoms with van der Waals surface area (Å²) in [6.45, 7) is 0. The summed E-state index contributed by atoms with van der Waals surface area (Å²) in [4.78, 5) is 54.6. The Morgan fingerprint density at radius 3 is 2.48 bits per heavy atom. The fourth-order valence-electron chi connectivity index (χ4n) is 4.98. The number of hydrogen-bond donors (Lipinski definition) is 1. The Balaban J connectivity index is 1.45. The molecule has 5 atom stereocenters. The van der Waals surface area contributed by atoms with E-state index in [2.05, 4.69) is 10.3 Å². The number of nitrogens with zero attached hydrogens (tertiary/aromatic N) is 3. The first-order valence-electron chi connectivity index (χ1n) is 9.94. The van der Waals surface area contributed by atoms with Gasteiger partial charge in [-0.15, -0.1) is 0 Å². The zero-order valence-corrected chi connectivity index (χ0v) is 16.2. The van der Waals surface area contributed by atoms with Gasteiger partial charge in [-0.05, 0) is 36.5 Å². The van der Waals surface area contributed by atoms with Crippen LogP contribution in [0.2, 0.25) is 0 Å². The smallest absolute Gasteiger partial charge is 0.404 e. The Morgan fingerprint density at radius 2 is 1.90 bits per heavy atom. The van der Waals surface area contributed by atoms with Crippen molar-refractivity contribution in [3.8, 4) is 0 Å². The number of carbonyl (C=O) groups is 3. The number of furan rings is 1. The van der Waals surface area contributed by atoms with Crippen molar-refractivity contribution in [1.82, 2.24) is 9.88 Å². The van der Waals surface area contributed by atoms with Gasteiger partial charge in [-0.3, -0.25) is 29.4 Å². The molecule has 1 N–H and O–H groups in total. The average molecular weight is 422 g/mol. The van der Waals surface area contributed by atoms with Gasteiger partial charge in [0.05, 0.1) is 24.3 Å². The van der Waals surface area contributed by atoms with Crippen molar-refractivity contribution in [3.05, 3.63) is 64.6 Å². The highest BCUT2D eigenvalue weighted by Gasteiger charge is 2.61. The van der Waals surface area contributed by atoms with E-state index in [0.29, 0.717) is 5.82 Å². The molecule has 1 saturated carbocycles. The van der Waals surface area contributed by atoms with Crippen LogP contribution in [-0.2, 0) is 14.4 Å². The number of hydrogen-bond acceptors (Lipinski definition) is 7. The maximum absolute atomic E-state index is 13.2. The van der Waals surface area contributed by atoms with E-state index in [1.54, 1.807) is 18.2 Å². The minimum atomic E-state index is -1.08. The van der Waals surface area contributed by atoms with Gasteiger partial charge < -0.3 is 9.73 Å². The number of rotatable bonds is 6. The van der Waals surface area contributed by atoms with Gasteiger partial charge in [-0.2, -0.15) is 0 Å². The largest absolute Gasteiger partial charge is 0.433 e. The van der Waals surface area contributed by atoms with Crippen molar-refractivity contribution in [1.29, 1.82) is 0 Å². The van der Waals surface area contributed by atoms with Crippen LogP contribution in [-0.4, -0.2) is 32.5 Å². The number of likely N-dealkylation sites (tertiary alicyclic amines) is 1. The lowest BCUT2D eigenvalue weighted by Gasteiger charge is -2.25. The molecule has 3 heterocycles. The lowest BCUT2D eigenvalue weighted by atomic mass is 9.85. The zero-order valence-electron chi connectivity index (χ0n) is 16.2. The van der Waals surface area contributed by atoms with Gasteiger partial charge in [-0.1, -0.05) is 18.2 Å². The molecule has 2 aromatic rings. The maximum Gasteiger partial charge on any atom is 0.433 e. The van der Waals surface area contributed by atoms with Gasteiger partial charge in [-0.25, -0.2) is 4.98 Å². The third-order valence-electron chi connectivity index (χ3n) is 6.25. The first-order valence-corrected chi connectivity index (χ1v) is 9.94. The van der Waals surface area contributed by atoms with Gasteiger partial charge in [0.1, 0.15) is 22.5 Å². The maximum atomic E-state index is 13.2. The molecule has 2 aliphatic carbocycles. The monoisotopic (exact) mass is 422 g/mol. The number of nitro groups is 1. The lowest BCUT2D eigenvalue weighted by molar-refractivity contribution is -0.402. The van der Waals surface area contributed by atoms with E-state index >= 15 is 0 Å². The Morgan fingerprint density at radius 1 is 1.19 bits per heavy atom. The summed E-state index contributed by atoms with van der Waals surface area (Å²) in [5, 5.41) is 13.7. The van der Waals surface area contributed by atoms with E-state index in [0.717, 1.165) is 17.4 Å². The molecule has 3 aliphatic rings. The van der Waals surface area contributed by atoms with Gasteiger partial charge in [0, 0.05) is 6.20 Å². The zero-order chi connectivity index (χ0) is 21.7. The lowest BCUT2D eigenvalue weighted by Crippen LogP contribution is -2.38. The van der Waals surface area contributed by atoms with Crippen molar-refractivity contribution in [2.75, 3.05) is 5.32 Å². The number of amides is 3. The first kappa shape index (κ1) is 19.2. The fourth-order valence-corrected chi connectivity index (χ4v) is 4.98. The Bertz CT molecular complexity index is 1080. The third kappa shape index (κ3) is 3.11. The predicted molar refractivity (Wildman–Crippen MR) is 105 cm³/mol. The van der Waals surface area contributed by atoms with E-state index in [-0.39, 0.29) is 35.8 Å². The molecular weight excluding hydrogens is 404 g/mol. The Hall–Kier alpha value is -3.82. The topological polar surface area (TPSA) is 136 Å². The van der Waals surface area contributed by atoms with Gasteiger partial charge in [0.25, 0.3) is 0 Å². The molecule has 2 aromatic heterocycles. The average Bonchev–Trinajstić information content (AvgIpc) is 3.51. The molecule has 10 heteroatoms. The molecule has 10 nitrogen and oxygen atoms in total. The van der Waals surface area contributed by atoms with Crippen molar-refractivity contribution >= 4 is 29.4 Å². The highest BCUT2D eigenvalue weighted by molar-refractivity contribution is 6.07. The summed E-state index contributed by atoms with van der Waals surface area (Å²) in [5.41, 5.74) is 0. The molecular formula is C21H18N4O6. The van der Waals surface area contributed by atoms with Crippen LogP contribution in [0.4, 0.5) is 11.7 Å². The molecule has 1 aliphatic heterocycles. The van der Waals surface area contributed by atoms with Crippen LogP contribution in [0.15, 0.2) is 53.1 Å². The number of carbonyl (C=O) groups excluding carboxylic acids is 3. The van der Waals surface area contributed by atoms with Crippen molar-refractivity contribution < 1.29 is 23.7 Å². The van der Waals surface area contributed by atoms with Gasteiger partial charge >= 0.3 is 5.88 Å². The van der Waals surface area contributed by atoms with E-state index in [9.17, 15) is 24.5 Å². The van der Waals surface area contributed by atoms with Crippen LogP contribution < -0.4 is 5.32 Å². The van der Waals surface area contributed by atoms with Gasteiger partial charge in [0.2, 0.25) is 17.7 Å². The Kier molecular flexibility index (Phi) is 4.42. The second-order valence-corrected chi connectivity index (χ2v) is 7.96. The van der Waals surface area contributed by atoms with Crippen LogP contribution in [0.25, 0.3) is 0 Å². The van der Waals surface area contributed by atoms with Crippen LogP contribution in [0, 0.1) is 33.8 Å². The predicted octanol–water partition coefficient (Wildman–Crippen LogP) is 2.46. The minimum absolute atomic E-state index is 0.00498. The number of aromatic nitrogens is 1. The molecule has 3 amide bonds. The Labute approximate surface area is 176 Å². The number of allylic oxidation sites excluding steroid dienone is 2. The number of imide groups is 1. The molecule has 0 aromatic carbocycles. The summed E-state index contributed by atoms with van der Waals surface area (Å²) < 4.78 is 5.30. The molecule has 1 saturated heterocycles. The second kappa shape index (κ2) is 7.15. The molecule has 158 valence electrons. The molecule has 2 bridgehead atoms. The van der Waals surface area contributed by atoms with Crippen molar-refractivity contribution in [2.24, 2.45) is 23.7 Å². The standard InChI is InChI=1S/C21H18N4O6/c26-16(23-15-3-1-2-8-22-15)10-13(14-6-7-17(31-14)25(29)30)24-20(27)18-11-4-5-12(9-11)19(18)21(24)28/h1-8,11-13,18-19H,9-10H2,(H,22,23,26). The summed E-state index contributed by atoms with van der Waals surface area (Å²) in [5.74, 6) is -2.30. The van der Waals surface area contributed by atoms with Crippen molar-refractivity contribution in [3.63, 3.8) is 0 Å². The van der Waals surface area contributed by atoms with Crippen LogP contribution in [0.1, 0.15) is 24.6 Å². The van der Waals surface area contributed by atoms with Crippen LogP contribution in [0.5, 0.6) is 0 Å². The molecule has 5 rings (SSSR count). The normalized spacial score (nSPS) is 26.9. The molecule has 2 fully saturated rings. The fraction of sp³-hybridized carbons (Fsp3) is 0.333. The van der Waals surface area contributed by atoms with Crippen LogP contribution >= 0.6 is 0 Å². The third-order valence-corrected chi connectivity index (χ3v) is 6.25. The second-order valence-electron chi connectivity index (χ2n) is 7.96. The quantitative estimate of drug-likeness (QED) is 0.327. The minimum Gasteiger partial charge on any atom is -0.404 e. The highest BCUT2D eigenvalue weighted by Crippen LogP contribution is 2.54. The number of fused-ring (bicyclic) bond motifs is 5. The number of nitrogens with one attached hydrogen (secondary N) is 1. The van der Waals surface area contributed by atoms with Crippen molar-refractivity contribution in [2.45, 2.75) is 18.9 Å². The van der Waals surface area contributed by atoms with Gasteiger partial charge in [0.15, 0.2) is 0 Å². The summed E-state index contributed by atoms with van der Waals surface area (Å²) in [6, 6.07) is 6.40. The molecule has 0 radical (unpaired) electrons. The summed E-state index contributed by atoms with van der Waals surface area (Å²) in [6.07, 6.45) is 5.93. The van der Waals surface area contributed by atoms with E-state index < -0.39 is 34.6 Å². The molecule has 31 heavy (non-hydrogen) atoms. The number of anilines is 1. The van der Waals surface area contributed by atoms with Crippen LogP contribution in [0.3, 0.4) is 0 Å². The van der Waals surface area contributed by atoms with E-state index in [1.165, 1.54) is 12.3 Å². The summed E-state index contributed by atoms with van der Waals surface area (Å²) in [7, 11) is 0. The highest BCUT2D eigenvalue weighted by atomic mass is 16.6. The molecule has 0 spiro atoms.